The maximum atomic E-state index is 12.5. The highest BCUT2D eigenvalue weighted by Crippen LogP contribution is 2.34. The first-order valence-electron chi connectivity index (χ1n) is 9.11. The lowest BCUT2D eigenvalue weighted by Gasteiger charge is -2.19. The van der Waals surface area contributed by atoms with Crippen molar-refractivity contribution in [1.82, 2.24) is 10.2 Å². The monoisotopic (exact) mass is 457 g/mol. The molecule has 2 N–H and O–H groups in total. The molecule has 1 spiro atoms. The van der Waals surface area contributed by atoms with E-state index >= 15 is 0 Å². The number of amides is 4. The number of sulfone groups is 1. The number of halogens is 1. The largest absolute Gasteiger partial charge is 0.454 e. The molecular formula is C18H20ClN3O7S. The molecule has 2 fully saturated rings. The fourth-order valence-corrected chi connectivity index (χ4v) is 4.29. The van der Waals surface area contributed by atoms with Gasteiger partial charge in [-0.05, 0) is 31.0 Å². The second-order valence-electron chi connectivity index (χ2n) is 7.23. The number of hydrogen-bond donors (Lipinski definition) is 2. The van der Waals surface area contributed by atoms with Crippen molar-refractivity contribution in [2.24, 2.45) is 0 Å². The van der Waals surface area contributed by atoms with Crippen LogP contribution < -0.4 is 10.6 Å². The first-order chi connectivity index (χ1) is 14.0. The van der Waals surface area contributed by atoms with Crippen LogP contribution in [0.4, 0.5) is 10.5 Å². The van der Waals surface area contributed by atoms with Gasteiger partial charge in [-0.1, -0.05) is 24.4 Å². The second-order valence-corrected chi connectivity index (χ2v) is 9.66. The van der Waals surface area contributed by atoms with E-state index in [0.717, 1.165) is 24.0 Å². The number of hydrogen-bond acceptors (Lipinski definition) is 7. The lowest BCUT2D eigenvalue weighted by atomic mass is 9.98. The van der Waals surface area contributed by atoms with Gasteiger partial charge in [-0.25, -0.2) is 13.2 Å². The average Bonchev–Trinajstić information content (AvgIpc) is 3.22. The molecule has 12 heteroatoms. The molecule has 1 heterocycles. The van der Waals surface area contributed by atoms with Crippen LogP contribution >= 0.6 is 11.6 Å². The SMILES string of the molecule is CS(=O)(=O)c1ccc(Cl)c(NC(=O)COC(=O)CN2C(=O)NC3(CCCC3)C2=O)c1. The Kier molecular flexibility index (Phi) is 6.04. The predicted molar refractivity (Wildman–Crippen MR) is 106 cm³/mol. The Morgan fingerprint density at radius 3 is 2.57 bits per heavy atom. The van der Waals surface area contributed by atoms with Crippen molar-refractivity contribution in [2.75, 3.05) is 24.7 Å². The van der Waals surface area contributed by atoms with Crippen molar-refractivity contribution >= 4 is 50.9 Å². The maximum Gasteiger partial charge on any atom is 0.326 e. The van der Waals surface area contributed by atoms with Gasteiger partial charge in [-0.2, -0.15) is 0 Å². The molecule has 3 rings (SSSR count). The number of carbonyl (C=O) groups excluding carboxylic acids is 4. The minimum absolute atomic E-state index is 0.0397. The molecule has 1 aliphatic carbocycles. The van der Waals surface area contributed by atoms with E-state index in [1.54, 1.807) is 0 Å². The van der Waals surface area contributed by atoms with Gasteiger partial charge in [0.15, 0.2) is 16.4 Å². The number of nitrogens with zero attached hydrogens (tertiary/aromatic N) is 1. The summed E-state index contributed by atoms with van der Waals surface area (Å²) in [6.45, 7) is -1.31. The number of anilines is 1. The second kappa shape index (κ2) is 8.23. The molecule has 162 valence electrons. The van der Waals surface area contributed by atoms with Gasteiger partial charge in [0.25, 0.3) is 11.8 Å². The molecule has 0 aromatic heterocycles. The Morgan fingerprint density at radius 2 is 1.93 bits per heavy atom. The zero-order valence-electron chi connectivity index (χ0n) is 16.1. The topological polar surface area (TPSA) is 139 Å². The molecule has 1 saturated carbocycles. The first-order valence-corrected chi connectivity index (χ1v) is 11.4. The minimum Gasteiger partial charge on any atom is -0.454 e. The predicted octanol–water partition coefficient (Wildman–Crippen LogP) is 1.09. The van der Waals surface area contributed by atoms with E-state index in [1.807, 2.05) is 0 Å². The summed E-state index contributed by atoms with van der Waals surface area (Å²) in [5.74, 6) is -2.16. The summed E-state index contributed by atoms with van der Waals surface area (Å²) < 4.78 is 28.1. The molecule has 1 aromatic carbocycles. The van der Waals surface area contributed by atoms with Crippen LogP contribution in [0.2, 0.25) is 5.02 Å². The minimum atomic E-state index is -3.51. The normalized spacial score (nSPS) is 17.9. The smallest absolute Gasteiger partial charge is 0.326 e. The number of carbonyl (C=O) groups is 4. The quantitative estimate of drug-likeness (QED) is 0.481. The summed E-state index contributed by atoms with van der Waals surface area (Å²) in [6.07, 6.45) is 3.69. The number of urea groups is 1. The van der Waals surface area contributed by atoms with Crippen LogP contribution in [0.15, 0.2) is 23.1 Å². The zero-order chi connectivity index (χ0) is 22.1. The highest BCUT2D eigenvalue weighted by molar-refractivity contribution is 7.90. The number of rotatable bonds is 6. The Bertz CT molecular complexity index is 1020. The number of esters is 1. The van der Waals surface area contributed by atoms with Gasteiger partial charge in [-0.15, -0.1) is 0 Å². The van der Waals surface area contributed by atoms with Gasteiger partial charge in [0.2, 0.25) is 0 Å². The molecule has 0 bridgehead atoms. The summed E-state index contributed by atoms with van der Waals surface area (Å²) in [7, 11) is -3.51. The van der Waals surface area contributed by atoms with Crippen LogP contribution in [-0.2, 0) is 29.0 Å². The average molecular weight is 458 g/mol. The number of imide groups is 1. The molecule has 2 aliphatic rings. The van der Waals surface area contributed by atoms with Crippen LogP contribution in [0.25, 0.3) is 0 Å². The molecule has 1 saturated heterocycles. The summed E-state index contributed by atoms with van der Waals surface area (Å²) >= 11 is 5.95. The van der Waals surface area contributed by atoms with Gasteiger partial charge in [0, 0.05) is 6.26 Å². The highest BCUT2D eigenvalue weighted by Gasteiger charge is 2.52. The van der Waals surface area contributed by atoms with Crippen molar-refractivity contribution in [3.63, 3.8) is 0 Å². The summed E-state index contributed by atoms with van der Waals surface area (Å²) in [5, 5.41) is 5.10. The summed E-state index contributed by atoms with van der Waals surface area (Å²) in [4.78, 5) is 49.4. The molecule has 4 amide bonds. The van der Waals surface area contributed by atoms with Crippen molar-refractivity contribution in [2.45, 2.75) is 36.1 Å². The molecule has 30 heavy (non-hydrogen) atoms. The lowest BCUT2D eigenvalue weighted by molar-refractivity contribution is -0.150. The lowest BCUT2D eigenvalue weighted by Crippen LogP contribution is -2.44. The molecule has 0 radical (unpaired) electrons. The van der Waals surface area contributed by atoms with E-state index in [0.29, 0.717) is 12.8 Å². The van der Waals surface area contributed by atoms with E-state index < -0.39 is 52.3 Å². The van der Waals surface area contributed by atoms with Crippen LogP contribution in [0.5, 0.6) is 0 Å². The highest BCUT2D eigenvalue weighted by atomic mass is 35.5. The van der Waals surface area contributed by atoms with Gasteiger partial charge < -0.3 is 15.4 Å². The zero-order valence-corrected chi connectivity index (χ0v) is 17.6. The first kappa shape index (κ1) is 22.0. The van der Waals surface area contributed by atoms with E-state index in [4.69, 9.17) is 16.3 Å². The Hall–Kier alpha value is -2.66. The van der Waals surface area contributed by atoms with Gasteiger partial charge in [0.1, 0.15) is 12.1 Å². The number of ether oxygens (including phenoxy) is 1. The Morgan fingerprint density at radius 1 is 1.27 bits per heavy atom. The molecule has 0 unspecified atom stereocenters. The molecule has 0 atom stereocenters. The van der Waals surface area contributed by atoms with E-state index in [2.05, 4.69) is 10.6 Å². The summed E-state index contributed by atoms with van der Waals surface area (Å²) in [6, 6.07) is 3.14. The third-order valence-corrected chi connectivity index (χ3v) is 6.43. The van der Waals surface area contributed by atoms with Crippen LogP contribution in [0.3, 0.4) is 0 Å². The van der Waals surface area contributed by atoms with Crippen LogP contribution in [0, 0.1) is 0 Å². The van der Waals surface area contributed by atoms with Crippen LogP contribution in [0.1, 0.15) is 25.7 Å². The van der Waals surface area contributed by atoms with Crippen molar-refractivity contribution < 1.29 is 32.3 Å². The van der Waals surface area contributed by atoms with E-state index in [1.165, 1.54) is 18.2 Å². The standard InChI is InChI=1S/C18H20ClN3O7S/c1-30(27,28)11-4-5-12(19)13(8-11)20-14(23)10-29-15(24)9-22-16(25)18(21-17(22)26)6-2-3-7-18/h4-5,8H,2-3,6-7,9-10H2,1H3,(H,20,23)(H,21,26). The molecule has 1 aliphatic heterocycles. The molecular weight excluding hydrogens is 438 g/mol. The molecule has 1 aromatic rings. The van der Waals surface area contributed by atoms with Crippen molar-refractivity contribution in [3.8, 4) is 0 Å². The third kappa shape index (κ3) is 4.57. The Labute approximate surface area is 177 Å². The fourth-order valence-electron chi connectivity index (χ4n) is 3.48. The van der Waals surface area contributed by atoms with Gasteiger partial charge in [0.05, 0.1) is 15.6 Å². The van der Waals surface area contributed by atoms with E-state index in [9.17, 15) is 27.6 Å². The number of benzene rings is 1. The summed E-state index contributed by atoms with van der Waals surface area (Å²) in [5.41, 5.74) is -0.895. The van der Waals surface area contributed by atoms with Crippen molar-refractivity contribution in [1.29, 1.82) is 0 Å². The van der Waals surface area contributed by atoms with Gasteiger partial charge >= 0.3 is 12.0 Å². The van der Waals surface area contributed by atoms with E-state index in [-0.39, 0.29) is 15.6 Å². The fraction of sp³-hybridized carbons (Fsp3) is 0.444. The Balaban J connectivity index is 1.55. The molecule has 10 nitrogen and oxygen atoms in total. The number of nitrogens with one attached hydrogen (secondary N) is 2. The van der Waals surface area contributed by atoms with Crippen molar-refractivity contribution in [3.05, 3.63) is 23.2 Å². The third-order valence-electron chi connectivity index (χ3n) is 4.99. The maximum absolute atomic E-state index is 12.5. The van der Waals surface area contributed by atoms with Gasteiger partial charge in [-0.3, -0.25) is 19.3 Å². The van der Waals surface area contributed by atoms with Crippen LogP contribution in [-0.4, -0.2) is 62.1 Å².